The fourth-order valence-corrected chi connectivity index (χ4v) is 6.76. The van der Waals surface area contributed by atoms with Crippen LogP contribution in [0.3, 0.4) is 0 Å². The van der Waals surface area contributed by atoms with Crippen LogP contribution in [-0.2, 0) is 14.3 Å². The van der Waals surface area contributed by atoms with Gasteiger partial charge in [-0.05, 0) is 63.4 Å². The lowest BCUT2D eigenvalue weighted by atomic mass is 9.49. The molecular weight excluding hydrogens is 386 g/mol. The summed E-state index contributed by atoms with van der Waals surface area (Å²) in [6.45, 7) is 1.60. The summed E-state index contributed by atoms with van der Waals surface area (Å²) in [5.41, 5.74) is -0.425. The summed E-state index contributed by atoms with van der Waals surface area (Å²) >= 11 is 3.90. The number of esters is 1. The van der Waals surface area contributed by atoms with E-state index >= 15 is 0 Å². The van der Waals surface area contributed by atoms with E-state index in [0.29, 0.717) is 11.8 Å². The van der Waals surface area contributed by atoms with Gasteiger partial charge in [0.05, 0.1) is 5.41 Å². The van der Waals surface area contributed by atoms with Crippen molar-refractivity contribution in [3.63, 3.8) is 0 Å². The summed E-state index contributed by atoms with van der Waals surface area (Å²) in [6.07, 6.45) is 8.37. The van der Waals surface area contributed by atoms with Crippen LogP contribution in [0, 0.1) is 17.3 Å². The maximum absolute atomic E-state index is 13.0. The minimum atomic E-state index is -0.865. The molecule has 1 aromatic heterocycles. The minimum Gasteiger partial charge on any atom is -0.452 e. The Kier molecular flexibility index (Phi) is 4.09. The lowest BCUT2D eigenvalue weighted by Crippen LogP contribution is -2.56. The van der Waals surface area contributed by atoms with Crippen LogP contribution in [0.2, 0.25) is 0 Å². The predicted molar refractivity (Wildman–Crippen MR) is 95.0 cm³/mol. The molecule has 4 aliphatic rings. The van der Waals surface area contributed by atoms with Crippen molar-refractivity contribution < 1.29 is 14.3 Å². The molecule has 0 aliphatic heterocycles. The monoisotopic (exact) mass is 407 g/mol. The number of anilines is 1. The van der Waals surface area contributed by atoms with Gasteiger partial charge in [-0.3, -0.25) is 14.9 Å². The van der Waals surface area contributed by atoms with Crippen molar-refractivity contribution in [3.8, 4) is 0 Å². The number of carbonyl (C=O) groups is 2. The van der Waals surface area contributed by atoms with Gasteiger partial charge in [0.2, 0.25) is 5.95 Å². The van der Waals surface area contributed by atoms with Gasteiger partial charge < -0.3 is 4.74 Å². The third kappa shape index (κ3) is 3.18. The summed E-state index contributed by atoms with van der Waals surface area (Å²) in [5, 5.41) is 2.58. The zero-order valence-corrected chi connectivity index (χ0v) is 15.8. The molecule has 1 N–H and O–H groups in total. The van der Waals surface area contributed by atoms with Crippen LogP contribution < -0.4 is 5.32 Å². The number of ether oxygens (including phenoxy) is 1. The first-order valence-corrected chi connectivity index (χ1v) is 9.65. The highest BCUT2D eigenvalue weighted by molar-refractivity contribution is 9.10. The molecule has 4 bridgehead atoms. The van der Waals surface area contributed by atoms with Crippen molar-refractivity contribution in [2.24, 2.45) is 17.3 Å². The summed E-state index contributed by atoms with van der Waals surface area (Å²) in [4.78, 5) is 33.1. The lowest BCUT2D eigenvalue weighted by Gasteiger charge is -2.58. The Morgan fingerprint density at radius 3 is 2.48 bits per heavy atom. The molecule has 1 heterocycles. The van der Waals surface area contributed by atoms with Crippen molar-refractivity contribution in [3.05, 3.63) is 18.5 Å². The van der Waals surface area contributed by atoms with Gasteiger partial charge in [0.25, 0.3) is 5.91 Å². The molecule has 4 saturated carbocycles. The van der Waals surface area contributed by atoms with Crippen molar-refractivity contribution in [1.82, 2.24) is 9.97 Å². The first kappa shape index (κ1) is 16.9. The van der Waals surface area contributed by atoms with Crippen LogP contribution in [-0.4, -0.2) is 32.3 Å². The van der Waals surface area contributed by atoms with Crippen LogP contribution in [0.4, 0.5) is 5.95 Å². The largest absolute Gasteiger partial charge is 0.452 e. The van der Waals surface area contributed by atoms with E-state index in [2.05, 4.69) is 31.2 Å². The van der Waals surface area contributed by atoms with E-state index in [1.54, 1.807) is 25.4 Å². The number of rotatable bonds is 4. The molecule has 1 amide bonds. The molecule has 1 aromatic rings. The Morgan fingerprint density at radius 2 is 1.88 bits per heavy atom. The van der Waals surface area contributed by atoms with Crippen molar-refractivity contribution in [2.75, 3.05) is 5.32 Å². The quantitative estimate of drug-likeness (QED) is 0.612. The molecule has 5 rings (SSSR count). The summed E-state index contributed by atoms with van der Waals surface area (Å²) in [6, 6.07) is 1.67. The highest BCUT2D eigenvalue weighted by Gasteiger charge is 2.60. The molecule has 3 unspecified atom stereocenters. The van der Waals surface area contributed by atoms with Crippen LogP contribution in [0.15, 0.2) is 18.5 Å². The minimum absolute atomic E-state index is 0.0828. The molecule has 4 aliphatic carbocycles. The zero-order valence-electron chi connectivity index (χ0n) is 14.2. The van der Waals surface area contributed by atoms with Crippen molar-refractivity contribution in [1.29, 1.82) is 0 Å². The molecule has 0 spiro atoms. The molecule has 0 radical (unpaired) electrons. The Bertz CT molecular complexity index is 682. The van der Waals surface area contributed by atoms with E-state index in [9.17, 15) is 9.59 Å². The van der Waals surface area contributed by atoms with Gasteiger partial charge >= 0.3 is 5.97 Å². The van der Waals surface area contributed by atoms with E-state index in [-0.39, 0.29) is 16.2 Å². The van der Waals surface area contributed by atoms with Crippen LogP contribution >= 0.6 is 15.9 Å². The van der Waals surface area contributed by atoms with Gasteiger partial charge in [-0.25, -0.2) is 9.97 Å². The maximum Gasteiger partial charge on any atom is 0.312 e. The highest BCUT2D eigenvalue weighted by atomic mass is 79.9. The number of nitrogens with one attached hydrogen (secondary N) is 1. The highest BCUT2D eigenvalue weighted by Crippen LogP contribution is 2.64. The normalized spacial score (nSPS) is 36.7. The molecule has 7 heteroatoms. The van der Waals surface area contributed by atoms with Gasteiger partial charge in [-0.2, -0.15) is 0 Å². The third-order valence-electron chi connectivity index (χ3n) is 5.88. The van der Waals surface area contributed by atoms with E-state index in [1.165, 1.54) is 6.42 Å². The summed E-state index contributed by atoms with van der Waals surface area (Å²) in [5.74, 6) is 0.773. The standard InChI is InChI=1S/C18H22BrN3O3/c1-11(14(23)22-16-20-3-2-4-21-16)25-15(24)17-6-12-5-13(7-17)9-18(19,8-12)10-17/h2-4,11-13H,5-10H2,1H3,(H,20,21,22,23). The second-order valence-electron chi connectivity index (χ2n) is 8.00. The molecule has 0 saturated heterocycles. The first-order chi connectivity index (χ1) is 11.9. The van der Waals surface area contributed by atoms with Gasteiger partial charge in [-0.1, -0.05) is 15.9 Å². The number of nitrogens with zero attached hydrogens (tertiary/aromatic N) is 2. The van der Waals surface area contributed by atoms with E-state index in [4.69, 9.17) is 4.74 Å². The van der Waals surface area contributed by atoms with E-state index in [1.807, 2.05) is 0 Å². The molecule has 6 nitrogen and oxygen atoms in total. The molecule has 0 aromatic carbocycles. The van der Waals surface area contributed by atoms with Gasteiger partial charge in [-0.15, -0.1) is 0 Å². The Hall–Kier alpha value is -1.50. The average Bonchev–Trinajstić information content (AvgIpc) is 2.53. The fraction of sp³-hybridized carbons (Fsp3) is 0.667. The molecular formula is C18H22BrN3O3. The molecule has 4 fully saturated rings. The maximum atomic E-state index is 13.0. The number of hydrogen-bond acceptors (Lipinski definition) is 5. The Morgan fingerprint density at radius 1 is 1.24 bits per heavy atom. The second kappa shape index (κ2) is 6.04. The van der Waals surface area contributed by atoms with Crippen LogP contribution in [0.5, 0.6) is 0 Å². The number of amides is 1. The fourth-order valence-electron chi connectivity index (χ4n) is 5.30. The number of aromatic nitrogens is 2. The first-order valence-electron chi connectivity index (χ1n) is 8.85. The number of carbonyl (C=O) groups excluding carboxylic acids is 2. The van der Waals surface area contributed by atoms with Crippen molar-refractivity contribution >= 4 is 33.8 Å². The zero-order chi connectivity index (χ0) is 17.7. The van der Waals surface area contributed by atoms with E-state index < -0.39 is 17.4 Å². The van der Waals surface area contributed by atoms with Gasteiger partial charge in [0.1, 0.15) is 0 Å². The number of hydrogen-bond donors (Lipinski definition) is 1. The SMILES string of the molecule is CC(OC(=O)C12CC3CC(CC(Br)(C3)C1)C2)C(=O)Nc1ncccn1. The number of halogens is 1. The summed E-state index contributed by atoms with van der Waals surface area (Å²) in [7, 11) is 0. The third-order valence-corrected chi connectivity index (χ3v) is 6.80. The average molecular weight is 408 g/mol. The van der Waals surface area contributed by atoms with Gasteiger partial charge in [0, 0.05) is 16.7 Å². The van der Waals surface area contributed by atoms with Crippen molar-refractivity contribution in [2.45, 2.75) is 55.9 Å². The molecule has 134 valence electrons. The Balaban J connectivity index is 1.42. The second-order valence-corrected chi connectivity index (χ2v) is 9.68. The molecule has 25 heavy (non-hydrogen) atoms. The Labute approximate surface area is 155 Å². The number of alkyl halides is 1. The van der Waals surface area contributed by atoms with Crippen LogP contribution in [0.1, 0.15) is 45.4 Å². The molecule has 3 atom stereocenters. The van der Waals surface area contributed by atoms with Crippen LogP contribution in [0.25, 0.3) is 0 Å². The predicted octanol–water partition coefficient (Wildman–Crippen LogP) is 3.08. The smallest absolute Gasteiger partial charge is 0.312 e. The van der Waals surface area contributed by atoms with E-state index in [0.717, 1.165) is 32.1 Å². The summed E-state index contributed by atoms with van der Waals surface area (Å²) < 4.78 is 5.67. The lowest BCUT2D eigenvalue weighted by molar-refractivity contribution is -0.175. The topological polar surface area (TPSA) is 81.2 Å². The van der Waals surface area contributed by atoms with Gasteiger partial charge in [0.15, 0.2) is 6.10 Å².